The lowest BCUT2D eigenvalue weighted by Crippen LogP contribution is -2.05. The fourth-order valence-corrected chi connectivity index (χ4v) is 3.04. The van der Waals surface area contributed by atoms with Crippen LogP contribution >= 0.6 is 15.9 Å². The third kappa shape index (κ3) is 3.29. The number of nitrogens with one attached hydrogen (secondary N) is 2. The van der Waals surface area contributed by atoms with Crippen LogP contribution in [0.15, 0.2) is 71.6 Å². The SMILES string of the molecule is Nc1c(Nc2cccc(Br)c2)ncnc1Nc1cccc2ncccc12. The Morgan fingerprint density at radius 3 is 2.50 bits per heavy atom. The van der Waals surface area contributed by atoms with Crippen molar-refractivity contribution in [2.24, 2.45) is 0 Å². The molecule has 0 amide bonds. The summed E-state index contributed by atoms with van der Waals surface area (Å²) in [7, 11) is 0. The van der Waals surface area contributed by atoms with Gasteiger partial charge in [0.05, 0.1) is 5.52 Å². The second-order valence-electron chi connectivity index (χ2n) is 5.62. The molecular weight excluding hydrogens is 392 g/mol. The fraction of sp³-hybridized carbons (Fsp3) is 0. The Morgan fingerprint density at radius 1 is 0.846 bits per heavy atom. The van der Waals surface area contributed by atoms with E-state index in [0.29, 0.717) is 17.3 Å². The van der Waals surface area contributed by atoms with Gasteiger partial charge in [-0.05, 0) is 42.5 Å². The van der Waals surface area contributed by atoms with Gasteiger partial charge in [0.25, 0.3) is 0 Å². The van der Waals surface area contributed by atoms with E-state index in [9.17, 15) is 0 Å². The average Bonchev–Trinajstić information content (AvgIpc) is 2.65. The highest BCUT2D eigenvalue weighted by atomic mass is 79.9. The largest absolute Gasteiger partial charge is 0.393 e. The number of hydrogen-bond acceptors (Lipinski definition) is 6. The Labute approximate surface area is 158 Å². The highest BCUT2D eigenvalue weighted by molar-refractivity contribution is 9.10. The van der Waals surface area contributed by atoms with Gasteiger partial charge in [0.2, 0.25) is 0 Å². The van der Waals surface area contributed by atoms with E-state index in [4.69, 9.17) is 5.73 Å². The first kappa shape index (κ1) is 16.3. The number of aromatic nitrogens is 3. The number of halogens is 1. The molecular formula is C19H15BrN6. The zero-order chi connectivity index (χ0) is 17.9. The number of rotatable bonds is 4. The predicted molar refractivity (Wildman–Crippen MR) is 109 cm³/mol. The van der Waals surface area contributed by atoms with E-state index in [-0.39, 0.29) is 0 Å². The predicted octanol–water partition coefficient (Wildman–Crippen LogP) is 4.86. The van der Waals surface area contributed by atoms with Gasteiger partial charge in [-0.15, -0.1) is 0 Å². The summed E-state index contributed by atoms with van der Waals surface area (Å²) in [4.78, 5) is 12.9. The molecule has 0 spiro atoms. The van der Waals surface area contributed by atoms with Crippen LogP contribution in [-0.2, 0) is 0 Å². The monoisotopic (exact) mass is 406 g/mol. The van der Waals surface area contributed by atoms with Gasteiger partial charge in [0.1, 0.15) is 12.0 Å². The van der Waals surface area contributed by atoms with Crippen molar-refractivity contribution in [3.63, 3.8) is 0 Å². The Kier molecular flexibility index (Phi) is 4.37. The van der Waals surface area contributed by atoms with Crippen molar-refractivity contribution in [1.82, 2.24) is 15.0 Å². The van der Waals surface area contributed by atoms with E-state index in [2.05, 4.69) is 41.5 Å². The standard InChI is InChI=1S/C19H15BrN6/c20-12-4-1-5-13(10-12)25-18-17(21)19(24-11-23-18)26-16-8-2-7-15-14(16)6-3-9-22-15/h1-11H,21H2,(H2,23,24,25,26). The number of fused-ring (bicyclic) bond motifs is 1. The van der Waals surface area contributed by atoms with Crippen LogP contribution in [0.25, 0.3) is 10.9 Å². The molecule has 0 unspecified atom stereocenters. The van der Waals surface area contributed by atoms with Gasteiger partial charge in [-0.25, -0.2) is 9.97 Å². The molecule has 128 valence electrons. The van der Waals surface area contributed by atoms with Crippen LogP contribution in [0.5, 0.6) is 0 Å². The Morgan fingerprint density at radius 2 is 1.65 bits per heavy atom. The third-order valence-electron chi connectivity index (χ3n) is 3.87. The maximum atomic E-state index is 6.28. The zero-order valence-electron chi connectivity index (χ0n) is 13.6. The molecule has 2 aromatic heterocycles. The van der Waals surface area contributed by atoms with E-state index < -0.39 is 0 Å². The molecule has 0 atom stereocenters. The minimum atomic E-state index is 0.438. The molecule has 0 aliphatic carbocycles. The molecule has 7 heteroatoms. The van der Waals surface area contributed by atoms with Gasteiger partial charge in [-0.1, -0.05) is 28.1 Å². The number of pyridine rings is 1. The van der Waals surface area contributed by atoms with Crippen LogP contribution < -0.4 is 16.4 Å². The molecule has 4 N–H and O–H groups in total. The number of anilines is 5. The summed E-state index contributed by atoms with van der Waals surface area (Å²) in [5.74, 6) is 1.08. The maximum Gasteiger partial charge on any atom is 0.159 e. The van der Waals surface area contributed by atoms with Crippen molar-refractivity contribution in [2.75, 3.05) is 16.4 Å². The van der Waals surface area contributed by atoms with E-state index >= 15 is 0 Å². The molecule has 0 aliphatic heterocycles. The lowest BCUT2D eigenvalue weighted by Gasteiger charge is -2.14. The third-order valence-corrected chi connectivity index (χ3v) is 4.36. The molecule has 26 heavy (non-hydrogen) atoms. The molecule has 0 saturated carbocycles. The summed E-state index contributed by atoms with van der Waals surface area (Å²) in [5, 5.41) is 7.50. The van der Waals surface area contributed by atoms with Gasteiger partial charge in [-0.2, -0.15) is 0 Å². The molecule has 4 aromatic rings. The van der Waals surface area contributed by atoms with Crippen molar-refractivity contribution >= 4 is 55.5 Å². The van der Waals surface area contributed by atoms with Gasteiger partial charge in [0.15, 0.2) is 11.6 Å². The van der Waals surface area contributed by atoms with E-state index in [0.717, 1.165) is 26.8 Å². The Balaban J connectivity index is 1.67. The quantitative estimate of drug-likeness (QED) is 0.448. The molecule has 4 rings (SSSR count). The summed E-state index contributed by atoms with van der Waals surface area (Å²) in [6.45, 7) is 0. The lowest BCUT2D eigenvalue weighted by molar-refractivity contribution is 1.17. The number of nitrogen functional groups attached to an aromatic ring is 1. The van der Waals surface area contributed by atoms with Crippen molar-refractivity contribution in [1.29, 1.82) is 0 Å². The van der Waals surface area contributed by atoms with E-state index in [1.165, 1.54) is 6.33 Å². The van der Waals surface area contributed by atoms with Crippen LogP contribution in [0.4, 0.5) is 28.7 Å². The first-order valence-corrected chi connectivity index (χ1v) is 8.74. The van der Waals surface area contributed by atoms with Crippen molar-refractivity contribution in [2.45, 2.75) is 0 Å². The fourth-order valence-electron chi connectivity index (χ4n) is 2.64. The van der Waals surface area contributed by atoms with Gasteiger partial charge in [-0.3, -0.25) is 4.98 Å². The van der Waals surface area contributed by atoms with Crippen LogP contribution in [-0.4, -0.2) is 15.0 Å². The van der Waals surface area contributed by atoms with Crippen molar-refractivity contribution in [3.05, 3.63) is 71.6 Å². The number of hydrogen-bond donors (Lipinski definition) is 3. The number of nitrogens with zero attached hydrogens (tertiary/aromatic N) is 3. The smallest absolute Gasteiger partial charge is 0.159 e. The van der Waals surface area contributed by atoms with Crippen LogP contribution in [0, 0.1) is 0 Å². The van der Waals surface area contributed by atoms with Crippen molar-refractivity contribution in [3.8, 4) is 0 Å². The van der Waals surface area contributed by atoms with Crippen molar-refractivity contribution < 1.29 is 0 Å². The van der Waals surface area contributed by atoms with E-state index in [1.54, 1.807) is 6.20 Å². The first-order valence-electron chi connectivity index (χ1n) is 7.94. The van der Waals surface area contributed by atoms with Gasteiger partial charge < -0.3 is 16.4 Å². The second-order valence-corrected chi connectivity index (χ2v) is 6.54. The summed E-state index contributed by atoms with van der Waals surface area (Å²) in [5.41, 5.74) is 9.39. The molecule has 6 nitrogen and oxygen atoms in total. The normalized spacial score (nSPS) is 10.7. The van der Waals surface area contributed by atoms with Gasteiger partial charge >= 0.3 is 0 Å². The maximum absolute atomic E-state index is 6.28. The summed E-state index contributed by atoms with van der Waals surface area (Å²) in [6.07, 6.45) is 3.24. The van der Waals surface area contributed by atoms with Crippen LogP contribution in [0.1, 0.15) is 0 Å². The Bertz CT molecular complexity index is 1080. The summed E-state index contributed by atoms with van der Waals surface area (Å²) in [6, 6.07) is 17.6. The topological polar surface area (TPSA) is 88.8 Å². The molecule has 0 fully saturated rings. The first-order chi connectivity index (χ1) is 12.7. The summed E-state index contributed by atoms with van der Waals surface area (Å²) < 4.78 is 0.969. The molecule has 0 saturated heterocycles. The van der Waals surface area contributed by atoms with Gasteiger partial charge in [0, 0.05) is 27.4 Å². The highest BCUT2D eigenvalue weighted by Gasteiger charge is 2.10. The van der Waals surface area contributed by atoms with Crippen LogP contribution in [0.3, 0.4) is 0 Å². The molecule has 0 bridgehead atoms. The minimum Gasteiger partial charge on any atom is -0.393 e. The number of nitrogens with two attached hydrogens (primary N) is 1. The highest BCUT2D eigenvalue weighted by Crippen LogP contribution is 2.31. The van der Waals surface area contributed by atoms with E-state index in [1.807, 2.05) is 54.6 Å². The number of benzene rings is 2. The molecule has 0 aliphatic rings. The average molecular weight is 407 g/mol. The van der Waals surface area contributed by atoms with Crippen LogP contribution in [0.2, 0.25) is 0 Å². The zero-order valence-corrected chi connectivity index (χ0v) is 15.2. The minimum absolute atomic E-state index is 0.438. The molecule has 2 aromatic carbocycles. The molecule has 2 heterocycles. The summed E-state index contributed by atoms with van der Waals surface area (Å²) >= 11 is 3.45. The lowest BCUT2D eigenvalue weighted by atomic mass is 10.2. The second kappa shape index (κ2) is 6.97. The Hall–Kier alpha value is -3.19. The molecule has 0 radical (unpaired) electrons.